The van der Waals surface area contributed by atoms with Crippen LogP contribution in [-0.4, -0.2) is 18.1 Å². The molecule has 2 nitrogen and oxygen atoms in total. The molecule has 0 saturated heterocycles. The van der Waals surface area contributed by atoms with E-state index in [1.807, 2.05) is 31.4 Å². The van der Waals surface area contributed by atoms with E-state index in [2.05, 4.69) is 26.2 Å². The molecule has 0 radical (unpaired) electrons. The van der Waals surface area contributed by atoms with E-state index >= 15 is 0 Å². The molecule has 1 heterocycles. The number of likely N-dealkylation sites (N-methyl/N-ethyl adjacent to an activating group) is 1. The van der Waals surface area contributed by atoms with Crippen molar-refractivity contribution >= 4 is 15.9 Å². The van der Waals surface area contributed by atoms with E-state index in [0.717, 1.165) is 22.0 Å². The van der Waals surface area contributed by atoms with Gasteiger partial charge in [0.2, 0.25) is 0 Å². The molecule has 1 unspecified atom stereocenters. The Morgan fingerprint density at radius 1 is 1.26 bits per heavy atom. The minimum atomic E-state index is -0.143. The van der Waals surface area contributed by atoms with Gasteiger partial charge in [-0.1, -0.05) is 18.2 Å². The Balaban J connectivity index is 2.07. The molecule has 1 atom stereocenters. The summed E-state index contributed by atoms with van der Waals surface area (Å²) in [7, 11) is 1.90. The first-order chi connectivity index (χ1) is 9.19. The van der Waals surface area contributed by atoms with Crippen LogP contribution < -0.4 is 5.32 Å². The first-order valence-corrected chi connectivity index (χ1v) is 6.98. The van der Waals surface area contributed by atoms with E-state index < -0.39 is 0 Å². The van der Waals surface area contributed by atoms with Crippen LogP contribution in [0.2, 0.25) is 0 Å². The van der Waals surface area contributed by atoms with Gasteiger partial charge in [0, 0.05) is 22.9 Å². The third-order valence-corrected chi connectivity index (χ3v) is 3.51. The number of benzene rings is 1. The Bertz CT molecular complexity index is 545. The van der Waals surface area contributed by atoms with Crippen LogP contribution in [0, 0.1) is 5.82 Å². The number of nitrogens with zero attached hydrogens (tertiary/aromatic N) is 1. The van der Waals surface area contributed by atoms with Crippen molar-refractivity contribution in [2.45, 2.75) is 18.9 Å². The van der Waals surface area contributed by atoms with Crippen LogP contribution in [0.15, 0.2) is 47.2 Å². The van der Waals surface area contributed by atoms with E-state index in [0.29, 0.717) is 6.42 Å². The molecule has 100 valence electrons. The summed E-state index contributed by atoms with van der Waals surface area (Å²) in [5.74, 6) is -0.143. The van der Waals surface area contributed by atoms with Gasteiger partial charge in [0.05, 0.1) is 0 Å². The summed E-state index contributed by atoms with van der Waals surface area (Å²) in [6.07, 6.45) is 5.08. The van der Waals surface area contributed by atoms with Crippen LogP contribution in [0.1, 0.15) is 11.1 Å². The predicted octanol–water partition coefficient (Wildman–Crippen LogP) is 3.36. The number of hydrogen-bond acceptors (Lipinski definition) is 2. The summed E-state index contributed by atoms with van der Waals surface area (Å²) in [5, 5.41) is 3.24. The van der Waals surface area contributed by atoms with Crippen LogP contribution in [0.4, 0.5) is 4.39 Å². The van der Waals surface area contributed by atoms with Crippen LogP contribution in [0.5, 0.6) is 0 Å². The van der Waals surface area contributed by atoms with Crippen LogP contribution in [0.3, 0.4) is 0 Å². The molecule has 1 N–H and O–H groups in total. The summed E-state index contributed by atoms with van der Waals surface area (Å²) < 4.78 is 14.6. The maximum atomic E-state index is 13.6. The van der Waals surface area contributed by atoms with Crippen LogP contribution in [0.25, 0.3) is 0 Å². The van der Waals surface area contributed by atoms with Gasteiger partial charge in [-0.25, -0.2) is 4.39 Å². The minimum Gasteiger partial charge on any atom is -0.316 e. The molecule has 4 heteroatoms. The summed E-state index contributed by atoms with van der Waals surface area (Å²) in [6, 6.07) is 9.14. The van der Waals surface area contributed by atoms with Crippen molar-refractivity contribution in [3.05, 3.63) is 64.1 Å². The molecule has 0 fully saturated rings. The van der Waals surface area contributed by atoms with Gasteiger partial charge in [0.25, 0.3) is 0 Å². The standard InChI is InChI=1S/C15H16BrFN2/c1-18-14(7-11-6-13(16)10-19-9-11)8-12-4-2-3-5-15(12)17/h2-6,9-10,14,18H,7-8H2,1H3. The predicted molar refractivity (Wildman–Crippen MR) is 78.6 cm³/mol. The number of aromatic nitrogens is 1. The van der Waals surface area contributed by atoms with Crippen molar-refractivity contribution in [1.29, 1.82) is 0 Å². The van der Waals surface area contributed by atoms with Gasteiger partial charge in [-0.2, -0.15) is 0 Å². The fourth-order valence-electron chi connectivity index (χ4n) is 2.06. The van der Waals surface area contributed by atoms with Gasteiger partial charge in [0.1, 0.15) is 5.82 Å². The fourth-order valence-corrected chi connectivity index (χ4v) is 2.47. The summed E-state index contributed by atoms with van der Waals surface area (Å²) >= 11 is 3.41. The summed E-state index contributed by atoms with van der Waals surface area (Å²) in [5.41, 5.74) is 1.87. The molecular formula is C15H16BrFN2. The third-order valence-electron chi connectivity index (χ3n) is 3.08. The van der Waals surface area contributed by atoms with Crippen molar-refractivity contribution in [3.63, 3.8) is 0 Å². The Kier molecular flexibility index (Phi) is 5.05. The number of rotatable bonds is 5. The van der Waals surface area contributed by atoms with E-state index in [-0.39, 0.29) is 11.9 Å². The highest BCUT2D eigenvalue weighted by atomic mass is 79.9. The topological polar surface area (TPSA) is 24.9 Å². The maximum Gasteiger partial charge on any atom is 0.126 e. The largest absolute Gasteiger partial charge is 0.316 e. The van der Waals surface area contributed by atoms with Crippen molar-refractivity contribution in [2.75, 3.05) is 7.05 Å². The highest BCUT2D eigenvalue weighted by Gasteiger charge is 2.11. The van der Waals surface area contributed by atoms with Crippen molar-refractivity contribution in [1.82, 2.24) is 10.3 Å². The first kappa shape index (κ1) is 14.2. The van der Waals surface area contributed by atoms with E-state index in [1.54, 1.807) is 12.3 Å². The first-order valence-electron chi connectivity index (χ1n) is 6.19. The highest BCUT2D eigenvalue weighted by Crippen LogP contribution is 2.14. The van der Waals surface area contributed by atoms with E-state index in [1.165, 1.54) is 6.07 Å². The summed E-state index contributed by atoms with van der Waals surface area (Å²) in [4.78, 5) is 4.15. The Morgan fingerprint density at radius 3 is 2.74 bits per heavy atom. The van der Waals surface area contributed by atoms with Gasteiger partial charge < -0.3 is 5.32 Å². The van der Waals surface area contributed by atoms with Gasteiger partial charge in [0.15, 0.2) is 0 Å². The molecular weight excluding hydrogens is 307 g/mol. The number of nitrogens with one attached hydrogen (secondary N) is 1. The molecule has 0 amide bonds. The van der Waals surface area contributed by atoms with Crippen molar-refractivity contribution in [3.8, 4) is 0 Å². The highest BCUT2D eigenvalue weighted by molar-refractivity contribution is 9.10. The maximum absolute atomic E-state index is 13.6. The molecule has 1 aromatic carbocycles. The molecule has 2 rings (SSSR count). The Hall–Kier alpha value is -1.26. The molecule has 0 aliphatic heterocycles. The smallest absolute Gasteiger partial charge is 0.126 e. The number of halogens is 2. The van der Waals surface area contributed by atoms with Crippen LogP contribution >= 0.6 is 15.9 Å². The fraction of sp³-hybridized carbons (Fsp3) is 0.267. The second-order valence-electron chi connectivity index (χ2n) is 4.50. The lowest BCUT2D eigenvalue weighted by Crippen LogP contribution is -2.30. The van der Waals surface area contributed by atoms with Crippen LogP contribution in [-0.2, 0) is 12.8 Å². The van der Waals surface area contributed by atoms with Crippen molar-refractivity contribution in [2.24, 2.45) is 0 Å². The average Bonchev–Trinajstić information content (AvgIpc) is 2.40. The molecule has 1 aromatic heterocycles. The lowest BCUT2D eigenvalue weighted by Gasteiger charge is -2.16. The van der Waals surface area contributed by atoms with E-state index in [9.17, 15) is 4.39 Å². The molecule has 2 aromatic rings. The van der Waals surface area contributed by atoms with Gasteiger partial charge >= 0.3 is 0 Å². The van der Waals surface area contributed by atoms with Gasteiger partial charge in [-0.05, 0) is 59.1 Å². The Morgan fingerprint density at radius 2 is 2.05 bits per heavy atom. The SMILES string of the molecule is CNC(Cc1cncc(Br)c1)Cc1ccccc1F. The van der Waals surface area contributed by atoms with E-state index in [4.69, 9.17) is 0 Å². The third kappa shape index (κ3) is 4.11. The zero-order valence-corrected chi connectivity index (χ0v) is 12.3. The van der Waals surface area contributed by atoms with Crippen molar-refractivity contribution < 1.29 is 4.39 Å². The normalized spacial score (nSPS) is 12.4. The second-order valence-corrected chi connectivity index (χ2v) is 5.41. The lowest BCUT2D eigenvalue weighted by atomic mass is 10.00. The van der Waals surface area contributed by atoms with Gasteiger partial charge in [-0.3, -0.25) is 4.98 Å². The second kappa shape index (κ2) is 6.78. The number of pyridine rings is 1. The number of hydrogen-bond donors (Lipinski definition) is 1. The van der Waals surface area contributed by atoms with Gasteiger partial charge in [-0.15, -0.1) is 0 Å². The molecule has 0 spiro atoms. The zero-order chi connectivity index (χ0) is 13.7. The molecule has 0 aliphatic rings. The zero-order valence-electron chi connectivity index (χ0n) is 10.7. The average molecular weight is 323 g/mol. The lowest BCUT2D eigenvalue weighted by molar-refractivity contribution is 0.531. The summed E-state index contributed by atoms with van der Waals surface area (Å²) in [6.45, 7) is 0. The molecule has 0 aliphatic carbocycles. The molecule has 19 heavy (non-hydrogen) atoms. The monoisotopic (exact) mass is 322 g/mol. The molecule has 0 bridgehead atoms. The molecule has 0 saturated carbocycles. The quantitative estimate of drug-likeness (QED) is 0.913. The minimum absolute atomic E-state index is 0.143. The Labute approximate surface area is 121 Å².